The molecular weight excluding hydrogens is 325 g/mol. The molecule has 0 unspecified atom stereocenters. The van der Waals surface area contributed by atoms with Crippen molar-refractivity contribution in [2.75, 3.05) is 17.2 Å². The van der Waals surface area contributed by atoms with Crippen LogP contribution >= 0.6 is 0 Å². The number of carbonyl (C=O) groups excluding carboxylic acids is 2. The predicted molar refractivity (Wildman–Crippen MR) is 80.0 cm³/mol. The molecule has 24 heavy (non-hydrogen) atoms. The monoisotopic (exact) mass is 336 g/mol. The number of anilines is 2. The molecule has 8 heteroatoms. The molecule has 0 fully saturated rings. The number of benzene rings is 2. The van der Waals surface area contributed by atoms with Gasteiger partial charge in [0.25, 0.3) is 11.8 Å². The van der Waals surface area contributed by atoms with Gasteiger partial charge in [-0.15, -0.1) is 0 Å². The van der Waals surface area contributed by atoms with Crippen molar-refractivity contribution in [3.05, 3.63) is 53.6 Å². The van der Waals surface area contributed by atoms with E-state index in [0.29, 0.717) is 17.1 Å². The average molecular weight is 336 g/mol. The highest BCUT2D eigenvalue weighted by Gasteiger charge is 2.30. The van der Waals surface area contributed by atoms with E-state index < -0.39 is 17.6 Å². The minimum absolute atomic E-state index is 0.0791. The van der Waals surface area contributed by atoms with Gasteiger partial charge in [-0.1, -0.05) is 0 Å². The van der Waals surface area contributed by atoms with E-state index >= 15 is 0 Å². The molecule has 5 nitrogen and oxygen atoms in total. The summed E-state index contributed by atoms with van der Waals surface area (Å²) in [7, 11) is 0. The predicted octanol–water partition coefficient (Wildman–Crippen LogP) is 3.29. The first-order valence-electron chi connectivity index (χ1n) is 6.88. The molecule has 0 atom stereocenters. The number of fused-ring (bicyclic) bond motifs is 1. The lowest BCUT2D eigenvalue weighted by atomic mass is 10.1. The van der Waals surface area contributed by atoms with E-state index in [9.17, 15) is 22.8 Å². The van der Waals surface area contributed by atoms with Crippen molar-refractivity contribution in [1.29, 1.82) is 0 Å². The zero-order valence-electron chi connectivity index (χ0n) is 12.1. The Hall–Kier alpha value is -3.03. The third-order valence-electron chi connectivity index (χ3n) is 3.34. The standard InChI is InChI=1S/C16H11F3N2O3/c17-16(18,19)10-3-1-9(2-4-10)15(23)20-11-5-6-13-12(7-11)21-14(22)8-24-13/h1-7H,8H2,(H,20,23)(H,21,22). The van der Waals surface area contributed by atoms with Crippen molar-refractivity contribution in [1.82, 2.24) is 0 Å². The second-order valence-corrected chi connectivity index (χ2v) is 5.08. The fraction of sp³-hybridized carbons (Fsp3) is 0.125. The van der Waals surface area contributed by atoms with Crippen molar-refractivity contribution in [2.45, 2.75) is 6.18 Å². The molecule has 1 heterocycles. The molecule has 2 aromatic carbocycles. The third kappa shape index (κ3) is 3.32. The Balaban J connectivity index is 1.75. The number of alkyl halides is 3. The number of ether oxygens (including phenoxy) is 1. The Morgan fingerprint density at radius 2 is 1.83 bits per heavy atom. The first-order valence-corrected chi connectivity index (χ1v) is 6.88. The van der Waals surface area contributed by atoms with Gasteiger partial charge in [0.1, 0.15) is 5.75 Å². The van der Waals surface area contributed by atoms with Crippen LogP contribution in [0.4, 0.5) is 24.5 Å². The summed E-state index contributed by atoms with van der Waals surface area (Å²) in [5.74, 6) is -0.400. The first kappa shape index (κ1) is 15.9. The maximum atomic E-state index is 12.5. The van der Waals surface area contributed by atoms with Gasteiger partial charge in [-0.3, -0.25) is 9.59 Å². The van der Waals surface area contributed by atoms with Crippen molar-refractivity contribution in [2.24, 2.45) is 0 Å². The SMILES string of the molecule is O=C1COc2ccc(NC(=O)c3ccc(C(F)(F)F)cc3)cc2N1. The normalized spacial score (nSPS) is 13.5. The van der Waals surface area contributed by atoms with Crippen LogP contribution in [-0.4, -0.2) is 18.4 Å². The molecule has 124 valence electrons. The van der Waals surface area contributed by atoms with E-state index in [0.717, 1.165) is 24.3 Å². The van der Waals surface area contributed by atoms with Crippen molar-refractivity contribution < 1.29 is 27.5 Å². The number of rotatable bonds is 2. The van der Waals surface area contributed by atoms with E-state index in [2.05, 4.69) is 10.6 Å². The number of nitrogens with one attached hydrogen (secondary N) is 2. The molecule has 0 aliphatic carbocycles. The Kier molecular flexibility index (Phi) is 3.88. The summed E-state index contributed by atoms with van der Waals surface area (Å²) in [6, 6.07) is 8.54. The van der Waals surface area contributed by atoms with Crippen LogP contribution in [0.2, 0.25) is 0 Å². The third-order valence-corrected chi connectivity index (χ3v) is 3.34. The number of hydrogen-bond donors (Lipinski definition) is 2. The van der Waals surface area contributed by atoms with E-state index in [4.69, 9.17) is 4.74 Å². The number of halogens is 3. The second kappa shape index (κ2) is 5.88. The Morgan fingerprint density at radius 1 is 1.12 bits per heavy atom. The number of carbonyl (C=O) groups is 2. The highest BCUT2D eigenvalue weighted by Crippen LogP contribution is 2.31. The van der Waals surface area contributed by atoms with Crippen molar-refractivity contribution in [3.8, 4) is 5.75 Å². The summed E-state index contributed by atoms with van der Waals surface area (Å²) in [4.78, 5) is 23.4. The lowest BCUT2D eigenvalue weighted by Crippen LogP contribution is -2.25. The highest BCUT2D eigenvalue weighted by atomic mass is 19.4. The van der Waals surface area contributed by atoms with Gasteiger partial charge in [0.2, 0.25) is 0 Å². The van der Waals surface area contributed by atoms with Crippen LogP contribution in [0.25, 0.3) is 0 Å². The van der Waals surface area contributed by atoms with Crippen LogP contribution < -0.4 is 15.4 Å². The Morgan fingerprint density at radius 3 is 2.50 bits per heavy atom. The van der Waals surface area contributed by atoms with Gasteiger partial charge in [0, 0.05) is 11.3 Å². The molecule has 1 aliphatic rings. The molecule has 0 spiro atoms. The van der Waals surface area contributed by atoms with Gasteiger partial charge in [0.15, 0.2) is 6.61 Å². The van der Waals surface area contributed by atoms with Crippen LogP contribution in [-0.2, 0) is 11.0 Å². The van der Waals surface area contributed by atoms with E-state index in [1.54, 1.807) is 12.1 Å². The summed E-state index contributed by atoms with van der Waals surface area (Å²) in [5.41, 5.74) is 0.0506. The van der Waals surface area contributed by atoms with Crippen molar-refractivity contribution >= 4 is 23.2 Å². The topological polar surface area (TPSA) is 67.4 Å². The van der Waals surface area contributed by atoms with Crippen LogP contribution in [0, 0.1) is 0 Å². The number of amides is 2. The van der Waals surface area contributed by atoms with Gasteiger partial charge in [-0.05, 0) is 42.5 Å². The minimum atomic E-state index is -4.45. The number of hydrogen-bond acceptors (Lipinski definition) is 3. The molecule has 2 N–H and O–H groups in total. The van der Waals surface area contributed by atoms with Gasteiger partial charge in [-0.2, -0.15) is 13.2 Å². The van der Waals surface area contributed by atoms with Crippen LogP contribution in [0.15, 0.2) is 42.5 Å². The Labute approximate surface area is 134 Å². The van der Waals surface area contributed by atoms with Gasteiger partial charge < -0.3 is 15.4 Å². The highest BCUT2D eigenvalue weighted by molar-refractivity contribution is 6.05. The van der Waals surface area contributed by atoms with Gasteiger partial charge >= 0.3 is 6.18 Å². The maximum absolute atomic E-state index is 12.5. The Bertz CT molecular complexity index is 801. The van der Waals surface area contributed by atoms with Crippen LogP contribution in [0.1, 0.15) is 15.9 Å². The lowest BCUT2D eigenvalue weighted by Gasteiger charge is -2.18. The molecule has 0 saturated heterocycles. The van der Waals surface area contributed by atoms with Gasteiger partial charge in [0.05, 0.1) is 11.3 Å². The van der Waals surface area contributed by atoms with Gasteiger partial charge in [-0.25, -0.2) is 0 Å². The van der Waals surface area contributed by atoms with E-state index in [1.165, 1.54) is 6.07 Å². The minimum Gasteiger partial charge on any atom is -0.482 e. The molecule has 2 amide bonds. The van der Waals surface area contributed by atoms with E-state index in [-0.39, 0.29) is 18.1 Å². The van der Waals surface area contributed by atoms with E-state index in [1.807, 2.05) is 0 Å². The molecule has 1 aliphatic heterocycles. The first-order chi connectivity index (χ1) is 11.3. The molecule has 0 radical (unpaired) electrons. The molecule has 2 aromatic rings. The second-order valence-electron chi connectivity index (χ2n) is 5.08. The smallest absolute Gasteiger partial charge is 0.416 e. The maximum Gasteiger partial charge on any atom is 0.416 e. The van der Waals surface area contributed by atoms with Crippen molar-refractivity contribution in [3.63, 3.8) is 0 Å². The summed E-state index contributed by atoms with van der Waals surface area (Å²) < 4.78 is 42.7. The largest absolute Gasteiger partial charge is 0.482 e. The molecule has 0 bridgehead atoms. The summed E-state index contributed by atoms with van der Waals surface area (Å²) in [6.07, 6.45) is -4.45. The van der Waals surface area contributed by atoms with Crippen LogP contribution in [0.5, 0.6) is 5.75 Å². The summed E-state index contributed by atoms with van der Waals surface area (Å²) in [6.45, 7) is -0.0791. The fourth-order valence-electron chi connectivity index (χ4n) is 2.17. The molecule has 0 aromatic heterocycles. The van der Waals surface area contributed by atoms with Crippen LogP contribution in [0.3, 0.4) is 0 Å². The quantitative estimate of drug-likeness (QED) is 0.884. The molecule has 0 saturated carbocycles. The fourth-order valence-corrected chi connectivity index (χ4v) is 2.17. The zero-order valence-corrected chi connectivity index (χ0v) is 12.1. The lowest BCUT2D eigenvalue weighted by molar-refractivity contribution is -0.137. The average Bonchev–Trinajstić information content (AvgIpc) is 2.53. The summed E-state index contributed by atoms with van der Waals surface area (Å²) >= 11 is 0. The zero-order chi connectivity index (χ0) is 17.3. The molecular formula is C16H11F3N2O3. The molecule has 3 rings (SSSR count). The summed E-state index contributed by atoms with van der Waals surface area (Å²) in [5, 5.41) is 5.15.